The van der Waals surface area contributed by atoms with Crippen molar-refractivity contribution >= 4 is 5.91 Å². The van der Waals surface area contributed by atoms with E-state index in [1.807, 2.05) is 0 Å². The van der Waals surface area contributed by atoms with Gasteiger partial charge < -0.3 is 19.8 Å². The van der Waals surface area contributed by atoms with E-state index in [0.29, 0.717) is 30.1 Å². The number of aliphatic hydroxyl groups excluding tert-OH is 1. The predicted octanol–water partition coefficient (Wildman–Crippen LogP) is -0.304. The summed E-state index contributed by atoms with van der Waals surface area (Å²) in [4.78, 5) is 13.8. The van der Waals surface area contributed by atoms with E-state index in [4.69, 9.17) is 4.52 Å². The molecule has 1 aliphatic heterocycles. The van der Waals surface area contributed by atoms with Gasteiger partial charge in [0.05, 0.1) is 17.8 Å². The summed E-state index contributed by atoms with van der Waals surface area (Å²) >= 11 is 0. The SMILES string of the molecule is Cc1noc(C)c1C(=O)N(C)[C@H]1CNC[C@@H]1O. The van der Waals surface area contributed by atoms with Crippen LogP contribution in [0.3, 0.4) is 0 Å². The second kappa shape index (κ2) is 4.46. The maximum Gasteiger partial charge on any atom is 0.259 e. The number of hydrogen-bond donors (Lipinski definition) is 2. The molecule has 1 aliphatic rings. The number of carbonyl (C=O) groups is 1. The van der Waals surface area contributed by atoms with E-state index in [2.05, 4.69) is 10.5 Å². The number of aliphatic hydroxyl groups is 1. The summed E-state index contributed by atoms with van der Waals surface area (Å²) in [6.45, 7) is 4.57. The largest absolute Gasteiger partial charge is 0.390 e. The molecule has 1 aromatic rings. The van der Waals surface area contributed by atoms with Gasteiger partial charge in [0, 0.05) is 20.1 Å². The average Bonchev–Trinajstić information content (AvgIpc) is 2.84. The molecule has 0 saturated carbocycles. The van der Waals surface area contributed by atoms with Crippen molar-refractivity contribution in [3.63, 3.8) is 0 Å². The lowest BCUT2D eigenvalue weighted by Crippen LogP contribution is -2.44. The smallest absolute Gasteiger partial charge is 0.259 e. The molecule has 0 bridgehead atoms. The lowest BCUT2D eigenvalue weighted by molar-refractivity contribution is 0.0579. The van der Waals surface area contributed by atoms with Crippen molar-refractivity contribution in [1.82, 2.24) is 15.4 Å². The third-order valence-corrected chi connectivity index (χ3v) is 3.22. The van der Waals surface area contributed by atoms with Gasteiger partial charge in [-0.25, -0.2) is 0 Å². The molecule has 0 radical (unpaired) electrons. The van der Waals surface area contributed by atoms with Gasteiger partial charge in [0.2, 0.25) is 0 Å². The van der Waals surface area contributed by atoms with Crippen LogP contribution in [0.15, 0.2) is 4.52 Å². The zero-order chi connectivity index (χ0) is 12.6. The zero-order valence-corrected chi connectivity index (χ0v) is 10.2. The van der Waals surface area contributed by atoms with Gasteiger partial charge in [-0.2, -0.15) is 0 Å². The molecule has 2 heterocycles. The van der Waals surface area contributed by atoms with Crippen molar-refractivity contribution in [3.05, 3.63) is 17.0 Å². The standard InChI is InChI=1S/C11H17N3O3/c1-6-10(7(2)17-13-6)11(16)14(3)8-4-12-5-9(8)15/h8-9,12,15H,4-5H2,1-3H3/t8-,9-/m0/s1. The predicted molar refractivity (Wildman–Crippen MR) is 60.7 cm³/mol. The molecule has 1 fully saturated rings. The number of β-amino-alcohol motifs (C(OH)–C–C–N with tert-alkyl or cyclic N) is 1. The maximum absolute atomic E-state index is 12.3. The van der Waals surface area contributed by atoms with Crippen LogP contribution in [-0.2, 0) is 0 Å². The third-order valence-electron chi connectivity index (χ3n) is 3.22. The van der Waals surface area contributed by atoms with Crippen molar-refractivity contribution in [2.75, 3.05) is 20.1 Å². The summed E-state index contributed by atoms with van der Waals surface area (Å²) in [6.07, 6.45) is -0.524. The van der Waals surface area contributed by atoms with E-state index in [1.165, 1.54) is 0 Å². The highest BCUT2D eigenvalue weighted by Crippen LogP contribution is 2.17. The van der Waals surface area contributed by atoms with Crippen LogP contribution in [0.1, 0.15) is 21.8 Å². The Morgan fingerprint density at radius 1 is 1.53 bits per heavy atom. The summed E-state index contributed by atoms with van der Waals surface area (Å²) in [5.74, 6) is 0.355. The molecule has 2 rings (SSSR count). The number of hydrogen-bond acceptors (Lipinski definition) is 5. The molecule has 2 N–H and O–H groups in total. The van der Waals surface area contributed by atoms with E-state index in [0.717, 1.165) is 0 Å². The Labute approximate surface area is 99.6 Å². The summed E-state index contributed by atoms with van der Waals surface area (Å²) in [5.41, 5.74) is 1.08. The van der Waals surface area contributed by atoms with Crippen LogP contribution in [0, 0.1) is 13.8 Å². The van der Waals surface area contributed by atoms with E-state index < -0.39 is 6.10 Å². The first-order valence-electron chi connectivity index (χ1n) is 5.61. The van der Waals surface area contributed by atoms with E-state index in [1.54, 1.807) is 25.8 Å². The summed E-state index contributed by atoms with van der Waals surface area (Å²) < 4.78 is 4.98. The van der Waals surface area contributed by atoms with Gasteiger partial charge in [0.1, 0.15) is 11.3 Å². The molecule has 17 heavy (non-hydrogen) atoms. The molecule has 0 unspecified atom stereocenters. The van der Waals surface area contributed by atoms with Gasteiger partial charge in [-0.3, -0.25) is 4.79 Å². The molecule has 2 atom stereocenters. The minimum atomic E-state index is -0.524. The molecule has 0 aliphatic carbocycles. The van der Waals surface area contributed by atoms with Crippen LogP contribution in [0.25, 0.3) is 0 Å². The first kappa shape index (κ1) is 12.1. The molecule has 0 spiro atoms. The van der Waals surface area contributed by atoms with E-state index in [-0.39, 0.29) is 11.9 Å². The molecule has 0 aromatic carbocycles. The Hall–Kier alpha value is -1.40. The number of likely N-dealkylation sites (N-methyl/N-ethyl adjacent to an activating group) is 1. The van der Waals surface area contributed by atoms with Gasteiger partial charge in [0.15, 0.2) is 0 Å². The Morgan fingerprint density at radius 3 is 2.71 bits per heavy atom. The van der Waals surface area contributed by atoms with Crippen molar-refractivity contribution in [2.24, 2.45) is 0 Å². The van der Waals surface area contributed by atoms with Crippen molar-refractivity contribution in [2.45, 2.75) is 26.0 Å². The fourth-order valence-electron chi connectivity index (χ4n) is 2.16. The minimum Gasteiger partial charge on any atom is -0.390 e. The van der Waals surface area contributed by atoms with Gasteiger partial charge in [-0.15, -0.1) is 0 Å². The second-order valence-corrected chi connectivity index (χ2v) is 4.41. The first-order valence-corrected chi connectivity index (χ1v) is 5.61. The number of carbonyl (C=O) groups excluding carboxylic acids is 1. The van der Waals surface area contributed by atoms with Crippen LogP contribution < -0.4 is 5.32 Å². The number of amides is 1. The molecule has 1 amide bonds. The first-order chi connectivity index (χ1) is 8.02. The normalized spacial score (nSPS) is 24.0. The Morgan fingerprint density at radius 2 is 2.24 bits per heavy atom. The molecule has 94 valence electrons. The molecule has 1 aromatic heterocycles. The molecule has 6 heteroatoms. The molecule has 1 saturated heterocycles. The number of rotatable bonds is 2. The highest BCUT2D eigenvalue weighted by molar-refractivity contribution is 5.96. The average molecular weight is 239 g/mol. The van der Waals surface area contributed by atoms with Crippen LogP contribution in [0.2, 0.25) is 0 Å². The van der Waals surface area contributed by atoms with Gasteiger partial charge >= 0.3 is 0 Å². The van der Waals surface area contributed by atoms with E-state index >= 15 is 0 Å². The summed E-state index contributed by atoms with van der Waals surface area (Å²) in [6, 6.07) is -0.198. The highest BCUT2D eigenvalue weighted by atomic mass is 16.5. The van der Waals surface area contributed by atoms with Crippen LogP contribution in [0.4, 0.5) is 0 Å². The topological polar surface area (TPSA) is 78.6 Å². The second-order valence-electron chi connectivity index (χ2n) is 4.41. The Kier molecular flexibility index (Phi) is 3.17. The number of nitrogens with zero attached hydrogens (tertiary/aromatic N) is 2. The number of nitrogens with one attached hydrogen (secondary N) is 1. The monoisotopic (exact) mass is 239 g/mol. The maximum atomic E-state index is 12.3. The number of aromatic nitrogens is 1. The van der Waals surface area contributed by atoms with Gasteiger partial charge in [-0.05, 0) is 13.8 Å². The fraction of sp³-hybridized carbons (Fsp3) is 0.636. The lowest BCUT2D eigenvalue weighted by atomic mass is 10.1. The summed E-state index contributed by atoms with van der Waals surface area (Å²) in [5, 5.41) is 16.6. The van der Waals surface area contributed by atoms with Gasteiger partial charge in [0.25, 0.3) is 5.91 Å². The van der Waals surface area contributed by atoms with Crippen LogP contribution in [-0.4, -0.2) is 53.4 Å². The number of aryl methyl sites for hydroxylation is 2. The minimum absolute atomic E-state index is 0.158. The van der Waals surface area contributed by atoms with Crippen molar-refractivity contribution in [3.8, 4) is 0 Å². The third kappa shape index (κ3) is 2.05. The highest BCUT2D eigenvalue weighted by Gasteiger charge is 2.33. The van der Waals surface area contributed by atoms with Crippen molar-refractivity contribution in [1.29, 1.82) is 0 Å². The van der Waals surface area contributed by atoms with Crippen molar-refractivity contribution < 1.29 is 14.4 Å². The summed E-state index contributed by atoms with van der Waals surface area (Å²) in [7, 11) is 1.69. The van der Waals surface area contributed by atoms with Gasteiger partial charge in [-0.1, -0.05) is 5.16 Å². The molecular formula is C11H17N3O3. The van der Waals surface area contributed by atoms with Crippen LogP contribution >= 0.6 is 0 Å². The zero-order valence-electron chi connectivity index (χ0n) is 10.2. The molecule has 6 nitrogen and oxygen atoms in total. The van der Waals surface area contributed by atoms with E-state index in [9.17, 15) is 9.90 Å². The van der Waals surface area contributed by atoms with Crippen LogP contribution in [0.5, 0.6) is 0 Å². The lowest BCUT2D eigenvalue weighted by Gasteiger charge is -2.26. The Balaban J connectivity index is 2.20. The quantitative estimate of drug-likeness (QED) is 0.740. The Bertz CT molecular complexity index is 410. The fourth-order valence-corrected chi connectivity index (χ4v) is 2.16. The molecular weight excluding hydrogens is 222 g/mol.